The fraction of sp³-hybridized carbons (Fsp3) is 0.357. The molecule has 0 bridgehead atoms. The van der Waals surface area contributed by atoms with Crippen LogP contribution in [0.3, 0.4) is 0 Å². The minimum atomic E-state index is -3.99. The molecular formula is C28H33NO8S. The number of aryl methyl sites for hydroxylation is 3. The van der Waals surface area contributed by atoms with Gasteiger partial charge in [-0.15, -0.1) is 6.58 Å². The van der Waals surface area contributed by atoms with Crippen molar-refractivity contribution in [2.75, 3.05) is 19.5 Å². The molecule has 2 aromatic carbocycles. The van der Waals surface area contributed by atoms with E-state index in [2.05, 4.69) is 11.6 Å². The summed E-state index contributed by atoms with van der Waals surface area (Å²) in [5.74, 6) is 0.537. The van der Waals surface area contributed by atoms with E-state index < -0.39 is 28.3 Å². The van der Waals surface area contributed by atoms with Crippen LogP contribution in [-0.2, 0) is 30.3 Å². The number of carboxylic acid groups (broad SMARTS) is 1. The molecule has 9 nitrogen and oxygen atoms in total. The van der Waals surface area contributed by atoms with Gasteiger partial charge < -0.3 is 19.0 Å². The first-order valence-corrected chi connectivity index (χ1v) is 13.9. The van der Waals surface area contributed by atoms with Gasteiger partial charge in [0.1, 0.15) is 17.6 Å². The third kappa shape index (κ3) is 7.77. The number of hydrogen-bond donors (Lipinski definition) is 1. The van der Waals surface area contributed by atoms with Crippen LogP contribution in [0.25, 0.3) is 11.5 Å². The predicted molar refractivity (Wildman–Crippen MR) is 143 cm³/mol. The van der Waals surface area contributed by atoms with Gasteiger partial charge in [-0.05, 0) is 68.1 Å². The van der Waals surface area contributed by atoms with E-state index in [0.717, 1.165) is 17.5 Å². The Morgan fingerprint density at radius 1 is 1.13 bits per heavy atom. The molecule has 1 aromatic heterocycles. The van der Waals surface area contributed by atoms with Crippen LogP contribution in [0.5, 0.6) is 5.75 Å². The number of carbonyl (C=O) groups is 1. The first kappa shape index (κ1) is 29.1. The second-order valence-electron chi connectivity index (χ2n) is 8.90. The molecule has 2 atom stereocenters. The monoisotopic (exact) mass is 543 g/mol. The van der Waals surface area contributed by atoms with E-state index in [4.69, 9.17) is 18.1 Å². The fourth-order valence-corrected chi connectivity index (χ4v) is 4.61. The Hall–Kier alpha value is -3.47. The molecule has 3 aromatic rings. The van der Waals surface area contributed by atoms with Gasteiger partial charge in [0, 0.05) is 12.0 Å². The lowest BCUT2D eigenvalue weighted by atomic mass is 9.98. The highest BCUT2D eigenvalue weighted by molar-refractivity contribution is 7.86. The maximum absolute atomic E-state index is 12.0. The van der Waals surface area contributed by atoms with E-state index >= 15 is 0 Å². The normalized spacial score (nSPS) is 13.2. The lowest BCUT2D eigenvalue weighted by molar-refractivity contribution is -0.157. The van der Waals surface area contributed by atoms with Gasteiger partial charge in [-0.25, -0.2) is 9.78 Å². The van der Waals surface area contributed by atoms with Crippen molar-refractivity contribution in [3.63, 3.8) is 0 Å². The maximum atomic E-state index is 12.0. The number of hydrogen-bond acceptors (Lipinski definition) is 8. The molecule has 3 rings (SSSR count). The lowest BCUT2D eigenvalue weighted by Gasteiger charge is -2.25. The summed E-state index contributed by atoms with van der Waals surface area (Å²) in [4.78, 5) is 16.6. The van der Waals surface area contributed by atoms with Gasteiger partial charge in [-0.1, -0.05) is 24.3 Å². The topological polar surface area (TPSA) is 125 Å². The van der Waals surface area contributed by atoms with Crippen LogP contribution in [-0.4, -0.2) is 50.1 Å². The molecule has 1 heterocycles. The number of aromatic nitrogens is 1. The average Bonchev–Trinajstić information content (AvgIpc) is 3.22. The lowest BCUT2D eigenvalue weighted by Crippen LogP contribution is -2.34. The molecule has 0 aliphatic carbocycles. The maximum Gasteiger partial charge on any atom is 0.335 e. The molecule has 38 heavy (non-hydrogen) atoms. The van der Waals surface area contributed by atoms with Gasteiger partial charge in [0.15, 0.2) is 6.10 Å². The molecule has 0 saturated carbocycles. The number of carboxylic acids is 1. The summed E-state index contributed by atoms with van der Waals surface area (Å²) in [6.07, 6.45) is 0.444. The minimum absolute atomic E-state index is 0.0523. The minimum Gasteiger partial charge on any atom is -0.493 e. The summed E-state index contributed by atoms with van der Waals surface area (Å²) < 4.78 is 46.5. The number of nitrogens with zero attached hydrogens (tertiary/aromatic N) is 1. The van der Waals surface area contributed by atoms with E-state index in [1.54, 1.807) is 32.1 Å². The average molecular weight is 544 g/mol. The Labute approximate surface area is 223 Å². The van der Waals surface area contributed by atoms with Gasteiger partial charge in [0.2, 0.25) is 5.89 Å². The zero-order valence-electron chi connectivity index (χ0n) is 22.0. The van der Waals surface area contributed by atoms with Crippen molar-refractivity contribution in [2.45, 2.75) is 45.8 Å². The standard InChI is InChI=1S/C28H33NO8S/c1-6-7-14-34-26(28(30)31)25(37-38(5,32)33)22-16-18(2)24(19(3)17-22)35-15-13-23-20(4)36-27(29-23)21-11-9-8-10-12-21/h6,8-12,16-17,25-26H,1,7,13-15H2,2-5H3,(H,30,31). The second-order valence-corrected chi connectivity index (χ2v) is 10.5. The second kappa shape index (κ2) is 12.9. The molecule has 0 saturated heterocycles. The van der Waals surface area contributed by atoms with E-state index in [9.17, 15) is 18.3 Å². The van der Waals surface area contributed by atoms with Crippen LogP contribution in [0.1, 0.15) is 40.7 Å². The summed E-state index contributed by atoms with van der Waals surface area (Å²) in [6, 6.07) is 12.9. The van der Waals surface area contributed by atoms with Crippen molar-refractivity contribution >= 4 is 16.1 Å². The van der Waals surface area contributed by atoms with E-state index in [-0.39, 0.29) is 6.61 Å². The summed E-state index contributed by atoms with van der Waals surface area (Å²) in [7, 11) is -3.99. The first-order chi connectivity index (χ1) is 18.0. The van der Waals surface area contributed by atoms with Crippen LogP contribution in [0, 0.1) is 20.8 Å². The van der Waals surface area contributed by atoms with Crippen molar-refractivity contribution in [3.05, 3.63) is 83.3 Å². The number of benzene rings is 2. The molecule has 0 amide bonds. The fourth-order valence-electron chi connectivity index (χ4n) is 4.03. The van der Waals surface area contributed by atoms with Gasteiger partial charge in [0.25, 0.3) is 10.1 Å². The molecule has 204 valence electrons. The quantitative estimate of drug-likeness (QED) is 0.171. The van der Waals surface area contributed by atoms with Crippen molar-refractivity contribution in [3.8, 4) is 17.2 Å². The molecule has 0 aliphatic rings. The molecule has 1 N–H and O–H groups in total. The van der Waals surface area contributed by atoms with Crippen LogP contribution in [0.15, 0.2) is 59.5 Å². The third-order valence-corrected chi connectivity index (χ3v) is 6.28. The van der Waals surface area contributed by atoms with E-state index in [1.807, 2.05) is 37.3 Å². The molecule has 2 unspecified atom stereocenters. The largest absolute Gasteiger partial charge is 0.493 e. The van der Waals surface area contributed by atoms with Crippen molar-refractivity contribution in [2.24, 2.45) is 0 Å². The first-order valence-electron chi connectivity index (χ1n) is 12.1. The van der Waals surface area contributed by atoms with E-state index in [0.29, 0.717) is 53.5 Å². The number of oxazole rings is 1. The molecule has 0 radical (unpaired) electrons. The van der Waals surface area contributed by atoms with Crippen LogP contribution < -0.4 is 4.74 Å². The summed E-state index contributed by atoms with van der Waals surface area (Å²) in [5, 5.41) is 9.75. The van der Waals surface area contributed by atoms with Crippen LogP contribution in [0.2, 0.25) is 0 Å². The highest BCUT2D eigenvalue weighted by atomic mass is 32.2. The highest BCUT2D eigenvalue weighted by Crippen LogP contribution is 2.33. The number of rotatable bonds is 14. The number of ether oxygens (including phenoxy) is 2. The zero-order valence-corrected chi connectivity index (χ0v) is 22.8. The third-order valence-electron chi connectivity index (χ3n) is 5.73. The summed E-state index contributed by atoms with van der Waals surface area (Å²) >= 11 is 0. The summed E-state index contributed by atoms with van der Waals surface area (Å²) in [5.41, 5.74) is 3.42. The van der Waals surface area contributed by atoms with Gasteiger partial charge in [-0.2, -0.15) is 8.42 Å². The number of aliphatic carboxylic acids is 1. The predicted octanol–water partition coefficient (Wildman–Crippen LogP) is 4.95. The smallest absolute Gasteiger partial charge is 0.335 e. The molecule has 0 fully saturated rings. The Balaban J connectivity index is 1.79. The Morgan fingerprint density at radius 2 is 1.79 bits per heavy atom. The van der Waals surface area contributed by atoms with Crippen LogP contribution >= 0.6 is 0 Å². The SMILES string of the molecule is C=CCCOC(C(=O)O)C(OS(C)(=O)=O)c1cc(C)c(OCCc2nc(-c3ccccc3)oc2C)c(C)c1. The van der Waals surface area contributed by atoms with Gasteiger partial charge in [0.05, 0.1) is 25.2 Å². The molecule has 10 heteroatoms. The summed E-state index contributed by atoms with van der Waals surface area (Å²) in [6.45, 7) is 9.42. The van der Waals surface area contributed by atoms with Crippen molar-refractivity contribution < 1.29 is 36.4 Å². The Bertz CT molecular complexity index is 1340. The van der Waals surface area contributed by atoms with Crippen molar-refractivity contribution in [1.29, 1.82) is 0 Å². The molecule has 0 aliphatic heterocycles. The molecule has 0 spiro atoms. The Kier molecular flexibility index (Phi) is 9.84. The Morgan fingerprint density at radius 3 is 2.37 bits per heavy atom. The molecular weight excluding hydrogens is 510 g/mol. The van der Waals surface area contributed by atoms with Gasteiger partial charge in [-0.3, -0.25) is 4.18 Å². The van der Waals surface area contributed by atoms with Crippen molar-refractivity contribution in [1.82, 2.24) is 4.98 Å². The highest BCUT2D eigenvalue weighted by Gasteiger charge is 2.35. The zero-order chi connectivity index (χ0) is 27.9. The van der Waals surface area contributed by atoms with Crippen LogP contribution in [0.4, 0.5) is 0 Å². The van der Waals surface area contributed by atoms with Gasteiger partial charge >= 0.3 is 5.97 Å². The van der Waals surface area contributed by atoms with E-state index in [1.165, 1.54) is 0 Å².